The number of hydrogen-bond donors (Lipinski definition) is 3. The highest BCUT2D eigenvalue weighted by Crippen LogP contribution is 2.36. The van der Waals surface area contributed by atoms with Gasteiger partial charge in [-0.15, -0.1) is 11.3 Å². The van der Waals surface area contributed by atoms with Crippen molar-refractivity contribution in [2.24, 2.45) is 0 Å². The van der Waals surface area contributed by atoms with Gasteiger partial charge in [0.05, 0.1) is 34.0 Å². The summed E-state index contributed by atoms with van der Waals surface area (Å²) in [5.74, 6) is 0.200. The van der Waals surface area contributed by atoms with E-state index in [0.717, 1.165) is 27.5 Å². The molecule has 2 aromatic carbocycles. The van der Waals surface area contributed by atoms with Gasteiger partial charge in [0.2, 0.25) is 0 Å². The van der Waals surface area contributed by atoms with Crippen molar-refractivity contribution in [1.82, 2.24) is 19.9 Å². The third kappa shape index (κ3) is 3.87. The fourth-order valence-corrected chi connectivity index (χ4v) is 4.20. The molecule has 0 aliphatic heterocycles. The van der Waals surface area contributed by atoms with Crippen molar-refractivity contribution >= 4 is 34.0 Å². The summed E-state index contributed by atoms with van der Waals surface area (Å²) in [4.78, 5) is 27.9. The molecule has 160 valence electrons. The molecule has 0 saturated heterocycles. The van der Waals surface area contributed by atoms with Gasteiger partial charge in [-0.3, -0.25) is 4.79 Å². The summed E-state index contributed by atoms with van der Waals surface area (Å²) in [6, 6.07) is 14.6. The van der Waals surface area contributed by atoms with E-state index in [2.05, 4.69) is 25.3 Å². The molecule has 0 unspecified atom stereocenters. The Bertz CT molecular complexity index is 1420. The van der Waals surface area contributed by atoms with Crippen LogP contribution < -0.4 is 5.32 Å². The maximum absolute atomic E-state index is 13.0. The number of carbonyl (C=O) groups excluding carboxylic acids is 1. The first-order valence-electron chi connectivity index (χ1n) is 9.44. The Morgan fingerprint density at radius 1 is 1.03 bits per heavy atom. The number of nitrogens with one attached hydrogen (secondary N) is 3. The number of benzene rings is 2. The number of hydrogen-bond acceptors (Lipinski definition) is 4. The molecule has 0 fully saturated rings. The van der Waals surface area contributed by atoms with Gasteiger partial charge in [0.25, 0.3) is 5.91 Å². The molecule has 3 N–H and O–H groups in total. The number of imidazole rings is 2. The van der Waals surface area contributed by atoms with Gasteiger partial charge in [-0.25, -0.2) is 9.97 Å². The minimum absolute atomic E-state index is 0.299. The maximum Gasteiger partial charge on any atom is 0.416 e. The van der Waals surface area contributed by atoms with Gasteiger partial charge in [0.1, 0.15) is 11.5 Å². The number of H-pyrrole nitrogens is 2. The number of amides is 1. The number of carbonyl (C=O) groups is 1. The number of fused-ring (bicyclic) bond motifs is 1. The first kappa shape index (κ1) is 20.0. The Labute approximate surface area is 183 Å². The molecule has 6 nitrogen and oxygen atoms in total. The highest BCUT2D eigenvalue weighted by molar-refractivity contribution is 7.18. The number of halogens is 3. The molecule has 5 aromatic rings. The first-order chi connectivity index (χ1) is 15.4. The van der Waals surface area contributed by atoms with E-state index in [9.17, 15) is 18.0 Å². The quantitative estimate of drug-likeness (QED) is 0.314. The number of rotatable bonds is 4. The minimum atomic E-state index is -4.41. The number of aromatic amines is 2. The van der Waals surface area contributed by atoms with Crippen molar-refractivity contribution in [1.29, 1.82) is 0 Å². The second-order valence-corrected chi connectivity index (χ2v) is 8.06. The van der Waals surface area contributed by atoms with Crippen molar-refractivity contribution in [3.05, 3.63) is 78.4 Å². The zero-order chi connectivity index (χ0) is 22.3. The smallest absolute Gasteiger partial charge is 0.341 e. The van der Waals surface area contributed by atoms with Crippen LogP contribution in [0.3, 0.4) is 0 Å². The predicted molar refractivity (Wildman–Crippen MR) is 116 cm³/mol. The van der Waals surface area contributed by atoms with Crippen molar-refractivity contribution in [3.63, 3.8) is 0 Å². The molecular weight excluding hydrogens is 439 g/mol. The van der Waals surface area contributed by atoms with Crippen molar-refractivity contribution < 1.29 is 18.0 Å². The third-order valence-corrected chi connectivity index (χ3v) is 5.94. The van der Waals surface area contributed by atoms with Crippen molar-refractivity contribution in [3.8, 4) is 21.1 Å². The lowest BCUT2D eigenvalue weighted by Crippen LogP contribution is -2.12. The molecule has 0 bridgehead atoms. The average Bonchev–Trinajstić information content (AvgIpc) is 3.53. The van der Waals surface area contributed by atoms with Crippen molar-refractivity contribution in [2.45, 2.75) is 6.18 Å². The molecule has 0 spiro atoms. The molecule has 1 amide bonds. The highest BCUT2D eigenvalue weighted by Gasteiger charge is 2.30. The summed E-state index contributed by atoms with van der Waals surface area (Å²) in [6.07, 6.45) is -1.54. The second-order valence-electron chi connectivity index (χ2n) is 6.98. The van der Waals surface area contributed by atoms with E-state index in [4.69, 9.17) is 0 Å². The van der Waals surface area contributed by atoms with Crippen LogP contribution in [0.1, 0.15) is 16.1 Å². The van der Waals surface area contributed by atoms with Crippen LogP contribution in [0, 0.1) is 0 Å². The number of alkyl halides is 3. The SMILES string of the molecule is O=C(Nc1cccc(-c2ccc(-c3nc4ccc(C(F)(F)F)cc4[nH]3)s2)c1)c1cnc[nH]1. The summed E-state index contributed by atoms with van der Waals surface area (Å²) < 4.78 is 38.9. The van der Waals surface area contributed by atoms with E-state index >= 15 is 0 Å². The molecule has 0 radical (unpaired) electrons. The highest BCUT2D eigenvalue weighted by atomic mass is 32.1. The van der Waals surface area contributed by atoms with Gasteiger partial charge >= 0.3 is 6.18 Å². The van der Waals surface area contributed by atoms with E-state index in [1.54, 1.807) is 6.07 Å². The summed E-state index contributed by atoms with van der Waals surface area (Å²) in [7, 11) is 0. The molecule has 0 aliphatic carbocycles. The largest absolute Gasteiger partial charge is 0.416 e. The zero-order valence-corrected chi connectivity index (χ0v) is 17.0. The zero-order valence-electron chi connectivity index (χ0n) is 16.2. The van der Waals surface area contributed by atoms with E-state index in [0.29, 0.717) is 28.2 Å². The summed E-state index contributed by atoms with van der Waals surface area (Å²) >= 11 is 1.44. The van der Waals surface area contributed by atoms with Crippen LogP contribution in [0.25, 0.3) is 32.2 Å². The second kappa shape index (κ2) is 7.65. The Kier molecular flexibility index (Phi) is 4.78. The number of anilines is 1. The maximum atomic E-state index is 13.0. The standard InChI is InChI=1S/C22H14F3N5OS/c23-22(24,25)13-4-5-15-16(9-13)30-20(29-15)19-7-6-18(32-19)12-2-1-3-14(8-12)28-21(31)17-10-26-11-27-17/h1-11H,(H,26,27)(H,28,31)(H,29,30). The summed E-state index contributed by atoms with van der Waals surface area (Å²) in [5.41, 5.74) is 1.94. The molecule has 0 saturated carbocycles. The lowest BCUT2D eigenvalue weighted by molar-refractivity contribution is -0.137. The average molecular weight is 453 g/mol. The summed E-state index contributed by atoms with van der Waals surface area (Å²) in [6.45, 7) is 0. The van der Waals surface area contributed by atoms with Crippen LogP contribution >= 0.6 is 11.3 Å². The molecule has 3 aromatic heterocycles. The third-order valence-electron chi connectivity index (χ3n) is 4.80. The van der Waals surface area contributed by atoms with Gasteiger partial charge in [0.15, 0.2) is 0 Å². The molecule has 32 heavy (non-hydrogen) atoms. The van der Waals surface area contributed by atoms with E-state index < -0.39 is 11.7 Å². The monoisotopic (exact) mass is 453 g/mol. The Hall–Kier alpha value is -3.92. The van der Waals surface area contributed by atoms with Gasteiger partial charge in [-0.1, -0.05) is 12.1 Å². The number of nitrogens with zero attached hydrogens (tertiary/aromatic N) is 2. The van der Waals surface area contributed by atoms with Crippen LogP contribution in [0.15, 0.2) is 67.1 Å². The molecule has 5 rings (SSSR count). The topological polar surface area (TPSA) is 86.5 Å². The van der Waals surface area contributed by atoms with Crippen LogP contribution in [-0.4, -0.2) is 25.8 Å². The van der Waals surface area contributed by atoms with Crippen LogP contribution in [0.5, 0.6) is 0 Å². The Balaban J connectivity index is 1.41. The Morgan fingerprint density at radius 3 is 2.66 bits per heavy atom. The number of aromatic nitrogens is 4. The molecule has 3 heterocycles. The van der Waals surface area contributed by atoms with Crippen LogP contribution in [0.4, 0.5) is 18.9 Å². The summed E-state index contributed by atoms with van der Waals surface area (Å²) in [5, 5.41) is 2.81. The predicted octanol–water partition coefficient (Wildman–Crippen LogP) is 5.95. The van der Waals surface area contributed by atoms with Gasteiger partial charge in [-0.05, 0) is 48.0 Å². The van der Waals surface area contributed by atoms with Gasteiger partial charge < -0.3 is 15.3 Å². The van der Waals surface area contributed by atoms with E-state index in [-0.39, 0.29) is 5.91 Å². The lowest BCUT2D eigenvalue weighted by Gasteiger charge is -2.05. The van der Waals surface area contributed by atoms with E-state index in [1.165, 1.54) is 29.9 Å². The van der Waals surface area contributed by atoms with Gasteiger partial charge in [0, 0.05) is 10.6 Å². The van der Waals surface area contributed by atoms with Gasteiger partial charge in [-0.2, -0.15) is 13.2 Å². The Morgan fingerprint density at radius 2 is 1.88 bits per heavy atom. The lowest BCUT2D eigenvalue weighted by atomic mass is 10.1. The molecular formula is C22H14F3N5OS. The fraction of sp³-hybridized carbons (Fsp3) is 0.0455. The van der Waals surface area contributed by atoms with Crippen molar-refractivity contribution in [2.75, 3.05) is 5.32 Å². The molecule has 0 aliphatic rings. The molecule has 0 atom stereocenters. The minimum Gasteiger partial charge on any atom is -0.341 e. The van der Waals surface area contributed by atoms with Crippen LogP contribution in [-0.2, 0) is 6.18 Å². The first-order valence-corrected chi connectivity index (χ1v) is 10.3. The normalized spacial score (nSPS) is 11.7. The van der Waals surface area contributed by atoms with Crippen LogP contribution in [0.2, 0.25) is 0 Å². The van der Waals surface area contributed by atoms with E-state index in [1.807, 2.05) is 30.3 Å². The number of thiophene rings is 1. The molecule has 10 heteroatoms. The fourth-order valence-electron chi connectivity index (χ4n) is 3.25.